The second-order valence-corrected chi connectivity index (χ2v) is 12.0. The molecule has 6 rings (SSSR count). The minimum Gasteiger partial charge on any atom is -0.462 e. The molecule has 0 radical (unpaired) electrons. The van der Waals surface area contributed by atoms with Crippen molar-refractivity contribution in [3.63, 3.8) is 0 Å². The van der Waals surface area contributed by atoms with Gasteiger partial charge >= 0.3 is 6.01 Å². The second kappa shape index (κ2) is 13.4. The lowest BCUT2D eigenvalue weighted by molar-refractivity contribution is -0.128. The Hall–Kier alpha value is -3.91. The Balaban J connectivity index is 1.30. The van der Waals surface area contributed by atoms with Gasteiger partial charge in [-0.2, -0.15) is 9.97 Å². The summed E-state index contributed by atoms with van der Waals surface area (Å²) in [7, 11) is 2.09. The molecule has 4 heterocycles. The fourth-order valence-corrected chi connectivity index (χ4v) is 6.79. The lowest BCUT2D eigenvalue weighted by atomic mass is 10.0. The number of benzene rings is 2. The standard InChI is InChI=1S/C33H38ClN7O3/c1-4-30(42)41-15-14-40(20-25(41)19-35-2)32-26-11-13-39(29-10-6-8-23-7-5-9-27(34)31(23)29)21-28(26)36-33(37-32)44-18-16-38(3)24-12-17-43-22-24/h4-10,24-25H,1,11-22H2,3H3/t24?,25-/m0/s1. The zero-order valence-electron chi connectivity index (χ0n) is 25.1. The van der Waals surface area contributed by atoms with Gasteiger partial charge in [0.25, 0.3) is 0 Å². The summed E-state index contributed by atoms with van der Waals surface area (Å²) < 4.78 is 11.8. The van der Waals surface area contributed by atoms with Crippen LogP contribution < -0.4 is 14.5 Å². The number of amides is 1. The van der Waals surface area contributed by atoms with Crippen molar-refractivity contribution in [2.75, 3.05) is 75.9 Å². The SMILES string of the molecule is [C-]#[N+]C[C@H]1CN(c2nc(OCCN(C)C3CCOC3)nc3c2CCN(c2cccc4cccc(Cl)c24)C3)CCN1C(=O)C=C. The topological polar surface area (TPSA) is 78.6 Å². The van der Waals surface area contributed by atoms with Crippen LogP contribution in [0.4, 0.5) is 11.5 Å². The summed E-state index contributed by atoms with van der Waals surface area (Å²) in [5.74, 6) is 0.687. The maximum absolute atomic E-state index is 12.6. The highest BCUT2D eigenvalue weighted by atomic mass is 35.5. The van der Waals surface area contributed by atoms with E-state index in [9.17, 15) is 4.79 Å². The summed E-state index contributed by atoms with van der Waals surface area (Å²) in [4.78, 5) is 34.6. The molecule has 2 saturated heterocycles. The van der Waals surface area contributed by atoms with E-state index in [1.807, 2.05) is 12.1 Å². The highest BCUT2D eigenvalue weighted by Gasteiger charge is 2.35. The first-order valence-corrected chi connectivity index (χ1v) is 15.6. The van der Waals surface area contributed by atoms with E-state index in [-0.39, 0.29) is 18.5 Å². The summed E-state index contributed by atoms with van der Waals surface area (Å²) in [5.41, 5.74) is 3.09. The maximum Gasteiger partial charge on any atom is 0.318 e. The van der Waals surface area contributed by atoms with E-state index in [0.29, 0.717) is 44.8 Å². The molecule has 44 heavy (non-hydrogen) atoms. The van der Waals surface area contributed by atoms with Crippen LogP contribution in [0.25, 0.3) is 15.6 Å². The van der Waals surface area contributed by atoms with Gasteiger partial charge in [0, 0.05) is 62.0 Å². The quantitative estimate of drug-likeness (QED) is 0.263. The summed E-state index contributed by atoms with van der Waals surface area (Å²) in [6.45, 7) is 17.1. The number of ether oxygens (including phenoxy) is 2. The smallest absolute Gasteiger partial charge is 0.318 e. The number of aromatic nitrogens is 2. The second-order valence-electron chi connectivity index (χ2n) is 11.6. The van der Waals surface area contributed by atoms with Crippen LogP contribution >= 0.6 is 11.6 Å². The lowest BCUT2D eigenvalue weighted by Crippen LogP contribution is -2.56. The van der Waals surface area contributed by atoms with Gasteiger partial charge in [0.2, 0.25) is 12.5 Å². The Morgan fingerprint density at radius 2 is 2.07 bits per heavy atom. The molecule has 1 unspecified atom stereocenters. The summed E-state index contributed by atoms with van der Waals surface area (Å²) >= 11 is 6.70. The van der Waals surface area contributed by atoms with Crippen molar-refractivity contribution in [2.24, 2.45) is 0 Å². The maximum atomic E-state index is 12.6. The van der Waals surface area contributed by atoms with Gasteiger partial charge in [-0.05, 0) is 43.5 Å². The molecule has 3 aliphatic heterocycles. The molecule has 0 N–H and O–H groups in total. The molecule has 230 valence electrons. The van der Waals surface area contributed by atoms with Gasteiger partial charge in [-0.1, -0.05) is 42.4 Å². The number of piperazine rings is 1. The van der Waals surface area contributed by atoms with Crippen LogP contribution in [-0.2, 0) is 22.5 Å². The van der Waals surface area contributed by atoms with Crippen LogP contribution in [0.15, 0.2) is 49.1 Å². The highest BCUT2D eigenvalue weighted by molar-refractivity contribution is 6.36. The molecule has 0 saturated carbocycles. The molecular formula is C33H38ClN7O3. The number of likely N-dealkylation sites (N-methyl/N-ethyl adjacent to an activating group) is 1. The minimum atomic E-state index is -0.248. The minimum absolute atomic E-state index is 0.145. The summed E-state index contributed by atoms with van der Waals surface area (Å²) in [5, 5.41) is 2.86. The molecular weight excluding hydrogens is 578 g/mol. The number of anilines is 2. The molecule has 1 aromatic heterocycles. The number of nitrogens with zero attached hydrogens (tertiary/aromatic N) is 7. The number of carbonyl (C=O) groups is 1. The van der Waals surface area contributed by atoms with E-state index in [1.165, 1.54) is 6.08 Å². The molecule has 2 fully saturated rings. The number of hydrogen-bond donors (Lipinski definition) is 0. The van der Waals surface area contributed by atoms with E-state index in [2.05, 4.69) is 57.4 Å². The summed E-state index contributed by atoms with van der Waals surface area (Å²) in [6.07, 6.45) is 3.10. The molecule has 2 atom stereocenters. The van der Waals surface area contributed by atoms with Gasteiger partial charge in [0.05, 0.1) is 23.9 Å². The first-order chi connectivity index (χ1) is 21.5. The van der Waals surface area contributed by atoms with Crippen LogP contribution in [0.3, 0.4) is 0 Å². The largest absolute Gasteiger partial charge is 0.462 e. The molecule has 0 bridgehead atoms. The van der Waals surface area contributed by atoms with Gasteiger partial charge in [-0.15, -0.1) is 0 Å². The normalized spacial score (nSPS) is 20.1. The van der Waals surface area contributed by atoms with Crippen molar-refractivity contribution < 1.29 is 14.3 Å². The first kappa shape index (κ1) is 30.1. The number of halogens is 1. The van der Waals surface area contributed by atoms with E-state index >= 15 is 0 Å². The van der Waals surface area contributed by atoms with Gasteiger partial charge < -0.3 is 29.0 Å². The molecule has 10 nitrogen and oxygen atoms in total. The fourth-order valence-electron chi connectivity index (χ4n) is 6.51. The average Bonchev–Trinajstić information content (AvgIpc) is 3.59. The Kier molecular flexibility index (Phi) is 9.17. The predicted octanol–water partition coefficient (Wildman–Crippen LogP) is 4.07. The van der Waals surface area contributed by atoms with Crippen LogP contribution in [0.5, 0.6) is 6.01 Å². The van der Waals surface area contributed by atoms with E-state index < -0.39 is 0 Å². The fraction of sp³-hybridized carbons (Fsp3) is 0.455. The number of carbonyl (C=O) groups excluding carboxylic acids is 1. The Labute approximate surface area is 263 Å². The molecule has 1 amide bonds. The van der Waals surface area contributed by atoms with Gasteiger partial charge in [-0.25, -0.2) is 6.57 Å². The third-order valence-electron chi connectivity index (χ3n) is 8.94. The Bertz CT molecular complexity index is 1570. The third kappa shape index (κ3) is 6.18. The van der Waals surface area contributed by atoms with Gasteiger partial charge in [0.1, 0.15) is 18.5 Å². The van der Waals surface area contributed by atoms with Crippen molar-refractivity contribution in [2.45, 2.75) is 31.5 Å². The molecule has 0 spiro atoms. The van der Waals surface area contributed by atoms with Crippen molar-refractivity contribution >= 4 is 39.8 Å². The average molecular weight is 616 g/mol. The van der Waals surface area contributed by atoms with E-state index in [1.54, 1.807) is 4.90 Å². The van der Waals surface area contributed by atoms with Crippen molar-refractivity contribution in [1.29, 1.82) is 0 Å². The Morgan fingerprint density at radius 1 is 1.23 bits per heavy atom. The van der Waals surface area contributed by atoms with Crippen LogP contribution in [0.1, 0.15) is 17.7 Å². The zero-order chi connectivity index (χ0) is 30.6. The molecule has 3 aliphatic rings. The molecule has 11 heteroatoms. The lowest BCUT2D eigenvalue weighted by Gasteiger charge is -2.41. The van der Waals surface area contributed by atoms with Crippen LogP contribution in [0, 0.1) is 6.57 Å². The Morgan fingerprint density at radius 3 is 2.84 bits per heavy atom. The molecule has 2 aromatic carbocycles. The third-order valence-corrected chi connectivity index (χ3v) is 9.26. The van der Waals surface area contributed by atoms with Crippen LogP contribution in [-0.4, -0.2) is 104 Å². The summed E-state index contributed by atoms with van der Waals surface area (Å²) in [6, 6.07) is 12.8. The van der Waals surface area contributed by atoms with Gasteiger partial charge in [-0.3, -0.25) is 9.69 Å². The predicted molar refractivity (Wildman–Crippen MR) is 172 cm³/mol. The molecule has 3 aromatic rings. The number of hydrogen-bond acceptors (Lipinski definition) is 8. The number of rotatable bonds is 9. The monoisotopic (exact) mass is 615 g/mol. The van der Waals surface area contributed by atoms with E-state index in [0.717, 1.165) is 77.7 Å². The highest BCUT2D eigenvalue weighted by Crippen LogP contribution is 2.37. The van der Waals surface area contributed by atoms with Crippen molar-refractivity contribution in [1.82, 2.24) is 19.8 Å². The van der Waals surface area contributed by atoms with E-state index in [4.69, 9.17) is 37.6 Å². The van der Waals surface area contributed by atoms with Crippen molar-refractivity contribution in [3.05, 3.63) is 76.8 Å². The number of fused-ring (bicyclic) bond motifs is 2. The van der Waals surface area contributed by atoms with Crippen LogP contribution in [0.2, 0.25) is 5.02 Å². The first-order valence-electron chi connectivity index (χ1n) is 15.2. The molecule has 0 aliphatic carbocycles. The van der Waals surface area contributed by atoms with Gasteiger partial charge in [0.15, 0.2) is 0 Å². The zero-order valence-corrected chi connectivity index (χ0v) is 25.9. The van der Waals surface area contributed by atoms with Crippen molar-refractivity contribution in [3.8, 4) is 6.01 Å².